The summed E-state index contributed by atoms with van der Waals surface area (Å²) in [7, 11) is 1.94. The molecule has 0 aliphatic carbocycles. The molecule has 0 radical (unpaired) electrons. The molecular weight excluding hydrogens is 214 g/mol. The molecule has 0 aromatic carbocycles. The fourth-order valence-corrected chi connectivity index (χ4v) is 2.44. The van der Waals surface area contributed by atoms with Crippen LogP contribution in [0.3, 0.4) is 0 Å². The van der Waals surface area contributed by atoms with E-state index in [0.29, 0.717) is 0 Å². The summed E-state index contributed by atoms with van der Waals surface area (Å²) in [6.45, 7) is 3.04. The Bertz CT molecular complexity index is 564. The van der Waals surface area contributed by atoms with Gasteiger partial charge in [0, 0.05) is 31.3 Å². The van der Waals surface area contributed by atoms with Crippen molar-refractivity contribution >= 4 is 5.82 Å². The van der Waals surface area contributed by atoms with Crippen LogP contribution >= 0.6 is 0 Å². The van der Waals surface area contributed by atoms with Gasteiger partial charge in [0.15, 0.2) is 0 Å². The van der Waals surface area contributed by atoms with Gasteiger partial charge < -0.3 is 10.3 Å². The minimum Gasteiger partial charge on any atom is -0.383 e. The Morgan fingerprint density at radius 2 is 2.18 bits per heavy atom. The Kier molecular flexibility index (Phi) is 2.21. The normalized spacial score (nSPS) is 14.9. The SMILES string of the molecule is Cc1c(-c2nc3n(c2N)CCCC3)cnn1C. The summed E-state index contributed by atoms with van der Waals surface area (Å²) < 4.78 is 4.00. The van der Waals surface area contributed by atoms with E-state index in [1.54, 1.807) is 0 Å². The van der Waals surface area contributed by atoms with Crippen molar-refractivity contribution in [3.8, 4) is 11.3 Å². The van der Waals surface area contributed by atoms with Crippen LogP contribution in [0.25, 0.3) is 11.3 Å². The topological polar surface area (TPSA) is 61.7 Å². The smallest absolute Gasteiger partial charge is 0.131 e. The molecule has 2 aromatic heterocycles. The van der Waals surface area contributed by atoms with Gasteiger partial charge in [0.05, 0.1) is 6.20 Å². The molecular formula is C12H17N5. The molecule has 0 unspecified atom stereocenters. The van der Waals surface area contributed by atoms with Gasteiger partial charge in [0.25, 0.3) is 0 Å². The molecule has 0 atom stereocenters. The van der Waals surface area contributed by atoms with Crippen molar-refractivity contribution < 1.29 is 0 Å². The number of imidazole rings is 1. The van der Waals surface area contributed by atoms with Gasteiger partial charge in [-0.3, -0.25) is 4.68 Å². The molecule has 5 nitrogen and oxygen atoms in total. The van der Waals surface area contributed by atoms with Gasteiger partial charge in [-0.15, -0.1) is 0 Å². The largest absolute Gasteiger partial charge is 0.383 e. The highest BCUT2D eigenvalue weighted by molar-refractivity contribution is 5.72. The lowest BCUT2D eigenvalue weighted by molar-refractivity contribution is 0.527. The lowest BCUT2D eigenvalue weighted by Crippen LogP contribution is -2.12. The van der Waals surface area contributed by atoms with E-state index >= 15 is 0 Å². The van der Waals surface area contributed by atoms with Gasteiger partial charge in [-0.05, 0) is 19.8 Å². The Morgan fingerprint density at radius 1 is 1.35 bits per heavy atom. The van der Waals surface area contributed by atoms with Crippen molar-refractivity contribution in [2.75, 3.05) is 5.73 Å². The van der Waals surface area contributed by atoms with Crippen LogP contribution in [-0.2, 0) is 20.0 Å². The molecule has 2 N–H and O–H groups in total. The third-order valence-corrected chi connectivity index (χ3v) is 3.61. The maximum absolute atomic E-state index is 6.20. The number of aromatic nitrogens is 4. The second kappa shape index (κ2) is 3.61. The monoisotopic (exact) mass is 231 g/mol. The van der Waals surface area contributed by atoms with Crippen LogP contribution in [0, 0.1) is 6.92 Å². The van der Waals surface area contributed by atoms with Crippen LogP contribution < -0.4 is 5.73 Å². The molecule has 0 saturated heterocycles. The van der Waals surface area contributed by atoms with Gasteiger partial charge in [-0.1, -0.05) is 0 Å². The molecule has 17 heavy (non-hydrogen) atoms. The highest BCUT2D eigenvalue weighted by Crippen LogP contribution is 2.30. The Labute approximate surface area is 100 Å². The minimum absolute atomic E-state index is 0.788. The van der Waals surface area contributed by atoms with Crippen molar-refractivity contribution in [3.63, 3.8) is 0 Å². The molecule has 0 spiro atoms. The highest BCUT2D eigenvalue weighted by Gasteiger charge is 2.20. The van der Waals surface area contributed by atoms with Crippen LogP contribution in [0.15, 0.2) is 6.20 Å². The third kappa shape index (κ3) is 1.45. The maximum atomic E-state index is 6.20. The zero-order chi connectivity index (χ0) is 12.0. The zero-order valence-electron chi connectivity index (χ0n) is 10.3. The van der Waals surface area contributed by atoms with E-state index < -0.39 is 0 Å². The van der Waals surface area contributed by atoms with E-state index in [1.165, 1.54) is 12.8 Å². The summed E-state index contributed by atoms with van der Waals surface area (Å²) in [5.41, 5.74) is 9.25. The third-order valence-electron chi connectivity index (χ3n) is 3.61. The average Bonchev–Trinajstić information content (AvgIpc) is 2.83. The molecule has 0 fully saturated rings. The Balaban J connectivity index is 2.15. The minimum atomic E-state index is 0.788. The Hall–Kier alpha value is -1.78. The summed E-state index contributed by atoms with van der Waals surface area (Å²) >= 11 is 0. The van der Waals surface area contributed by atoms with E-state index in [9.17, 15) is 0 Å². The summed E-state index contributed by atoms with van der Waals surface area (Å²) in [6, 6.07) is 0. The van der Waals surface area contributed by atoms with Crippen molar-refractivity contribution in [2.45, 2.75) is 32.7 Å². The fraction of sp³-hybridized carbons (Fsp3) is 0.500. The molecule has 0 saturated carbocycles. The average molecular weight is 231 g/mol. The van der Waals surface area contributed by atoms with Crippen molar-refractivity contribution in [1.82, 2.24) is 19.3 Å². The number of nitrogen functional groups attached to an aromatic ring is 1. The first-order valence-electron chi connectivity index (χ1n) is 6.02. The molecule has 90 valence electrons. The van der Waals surface area contributed by atoms with Crippen molar-refractivity contribution in [1.29, 1.82) is 0 Å². The Morgan fingerprint density at radius 3 is 2.82 bits per heavy atom. The number of hydrogen-bond donors (Lipinski definition) is 1. The van der Waals surface area contributed by atoms with Crippen molar-refractivity contribution in [2.24, 2.45) is 7.05 Å². The van der Waals surface area contributed by atoms with Gasteiger partial charge in [0.2, 0.25) is 0 Å². The van der Waals surface area contributed by atoms with Gasteiger partial charge in [0.1, 0.15) is 17.3 Å². The van der Waals surface area contributed by atoms with Crippen LogP contribution in [0.4, 0.5) is 5.82 Å². The van der Waals surface area contributed by atoms with Crippen molar-refractivity contribution in [3.05, 3.63) is 17.7 Å². The molecule has 0 bridgehead atoms. The van der Waals surface area contributed by atoms with Crippen LogP contribution in [-0.4, -0.2) is 19.3 Å². The zero-order valence-corrected chi connectivity index (χ0v) is 10.3. The maximum Gasteiger partial charge on any atom is 0.131 e. The molecule has 0 amide bonds. The number of anilines is 1. The van der Waals surface area contributed by atoms with Gasteiger partial charge >= 0.3 is 0 Å². The number of aryl methyl sites for hydroxylation is 2. The highest BCUT2D eigenvalue weighted by atomic mass is 15.3. The van der Waals surface area contributed by atoms with Gasteiger partial charge in [-0.25, -0.2) is 4.98 Å². The quantitative estimate of drug-likeness (QED) is 0.809. The first-order valence-corrected chi connectivity index (χ1v) is 6.02. The molecule has 1 aliphatic rings. The first-order chi connectivity index (χ1) is 8.18. The molecule has 3 rings (SSSR count). The predicted octanol–water partition coefficient (Wildman–Crippen LogP) is 1.51. The number of rotatable bonds is 1. The number of nitrogens with two attached hydrogens (primary N) is 1. The fourth-order valence-electron chi connectivity index (χ4n) is 2.44. The van der Waals surface area contributed by atoms with Crippen LogP contribution in [0.1, 0.15) is 24.4 Å². The van der Waals surface area contributed by atoms with E-state index in [-0.39, 0.29) is 0 Å². The van der Waals surface area contributed by atoms with Gasteiger partial charge in [-0.2, -0.15) is 5.10 Å². The number of fused-ring (bicyclic) bond motifs is 1. The number of hydrogen-bond acceptors (Lipinski definition) is 3. The second-order valence-corrected chi connectivity index (χ2v) is 4.64. The molecule has 3 heterocycles. The molecule has 5 heteroatoms. The predicted molar refractivity (Wildman–Crippen MR) is 66.5 cm³/mol. The van der Waals surface area contributed by atoms with E-state index in [4.69, 9.17) is 5.73 Å². The summed E-state index contributed by atoms with van der Waals surface area (Å²) in [5, 5.41) is 4.25. The van der Waals surface area contributed by atoms with E-state index in [1.807, 2.05) is 24.9 Å². The molecule has 2 aromatic rings. The van der Waals surface area contributed by atoms with E-state index in [0.717, 1.165) is 41.6 Å². The summed E-state index contributed by atoms with van der Waals surface area (Å²) in [6.07, 6.45) is 5.28. The lowest BCUT2D eigenvalue weighted by Gasteiger charge is -2.14. The molecule has 1 aliphatic heterocycles. The second-order valence-electron chi connectivity index (χ2n) is 4.64. The summed E-state index contributed by atoms with van der Waals surface area (Å²) in [4.78, 5) is 4.68. The lowest BCUT2D eigenvalue weighted by atomic mass is 10.2. The number of nitrogens with zero attached hydrogens (tertiary/aromatic N) is 4. The van der Waals surface area contributed by atoms with Crippen LogP contribution in [0.2, 0.25) is 0 Å². The van der Waals surface area contributed by atoms with Crippen LogP contribution in [0.5, 0.6) is 0 Å². The summed E-state index contributed by atoms with van der Waals surface area (Å²) in [5.74, 6) is 1.91. The standard InChI is InChI=1S/C12H17N5/c1-8-9(7-14-16(8)2)11-12(13)17-6-4-3-5-10(17)15-11/h7H,3-6,13H2,1-2H3. The first kappa shape index (κ1) is 10.4. The van der Waals surface area contributed by atoms with E-state index in [2.05, 4.69) is 14.6 Å².